The summed E-state index contributed by atoms with van der Waals surface area (Å²) in [6, 6.07) is 22.1. The number of hydrogen-bond acceptors (Lipinski definition) is 1. The Hall–Kier alpha value is -3.04. The topological polar surface area (TPSA) is 12.1 Å². The van der Waals surface area contributed by atoms with Crippen LogP contribution in [0.15, 0.2) is 78.5 Å². The lowest BCUT2D eigenvalue weighted by Gasteiger charge is -2.25. The molecule has 5 rings (SSSR count). The van der Waals surface area contributed by atoms with Crippen LogP contribution < -0.4 is 21.9 Å². The molecule has 0 unspecified atom stereocenters. The summed E-state index contributed by atoms with van der Waals surface area (Å²) in [6.07, 6.45) is 6.85. The lowest BCUT2D eigenvalue weighted by atomic mass is 9.84. The molecule has 0 aliphatic carbocycles. The van der Waals surface area contributed by atoms with Crippen LogP contribution in [0, 0.1) is 0 Å². The molecule has 0 amide bonds. The molecule has 0 radical (unpaired) electrons. The third-order valence-corrected chi connectivity index (χ3v) is 7.22. The van der Waals surface area contributed by atoms with E-state index in [1.165, 1.54) is 44.6 Å². The number of benzene rings is 3. The number of halogens is 1. The van der Waals surface area contributed by atoms with Crippen LogP contribution in [0.25, 0.3) is 27.9 Å². The quantitative estimate of drug-likeness (QED) is 0.403. The summed E-state index contributed by atoms with van der Waals surface area (Å²) in [7, 11) is 0. The van der Waals surface area contributed by atoms with Crippen LogP contribution in [0.4, 0.5) is 5.69 Å². The molecule has 2 heterocycles. The Bertz CT molecular complexity index is 1350. The van der Waals surface area contributed by atoms with Crippen LogP contribution >= 0.6 is 0 Å². The predicted octanol–water partition coefficient (Wildman–Crippen LogP) is 3.84. The van der Waals surface area contributed by atoms with Crippen LogP contribution in [0.1, 0.15) is 46.0 Å². The van der Waals surface area contributed by atoms with Crippen LogP contribution in [0.3, 0.4) is 0 Å². The van der Waals surface area contributed by atoms with Crippen molar-refractivity contribution in [2.75, 3.05) is 11.4 Å². The average molecular weight is 472 g/mol. The van der Waals surface area contributed by atoms with E-state index in [0.29, 0.717) is 0 Å². The molecule has 1 aromatic heterocycles. The zero-order valence-electron chi connectivity index (χ0n) is 20.8. The number of nitrogens with zero attached hydrogens (tertiary/aromatic N) is 3. The summed E-state index contributed by atoms with van der Waals surface area (Å²) >= 11 is 0. The second-order valence-corrected chi connectivity index (χ2v) is 9.33. The van der Waals surface area contributed by atoms with Gasteiger partial charge in [0.05, 0.1) is 13.1 Å². The number of imidazole rings is 1. The zero-order chi connectivity index (χ0) is 23.2. The maximum Gasteiger partial charge on any atom is 0.282 e. The Morgan fingerprint density at radius 1 is 0.882 bits per heavy atom. The Labute approximate surface area is 209 Å². The fourth-order valence-corrected chi connectivity index (χ4v) is 5.59. The maximum absolute atomic E-state index is 2.45. The van der Waals surface area contributed by atoms with E-state index >= 15 is 0 Å². The first-order valence-electron chi connectivity index (χ1n) is 12.2. The lowest BCUT2D eigenvalue weighted by Crippen LogP contribution is -3.00. The number of aryl methyl sites for hydroxylation is 2. The van der Waals surface area contributed by atoms with E-state index in [0.717, 1.165) is 19.6 Å². The van der Waals surface area contributed by atoms with E-state index in [-0.39, 0.29) is 17.8 Å². The van der Waals surface area contributed by atoms with Gasteiger partial charge >= 0.3 is 0 Å². The highest BCUT2D eigenvalue weighted by molar-refractivity contribution is 5.94. The molecule has 3 aromatic carbocycles. The molecular weight excluding hydrogens is 438 g/mol. The Balaban J connectivity index is 0.00000274. The summed E-state index contributed by atoms with van der Waals surface area (Å²) in [5.41, 5.74) is 6.69. The minimum atomic E-state index is -0.00708. The molecule has 0 fully saturated rings. The minimum Gasteiger partial charge on any atom is -1.00 e. The number of fused-ring (bicyclic) bond motifs is 3. The first-order chi connectivity index (χ1) is 16.0. The third-order valence-electron chi connectivity index (χ3n) is 7.22. The van der Waals surface area contributed by atoms with E-state index < -0.39 is 0 Å². The molecular formula is C30H34ClN3. The first-order valence-corrected chi connectivity index (χ1v) is 12.2. The molecule has 0 saturated carbocycles. The molecule has 1 aliphatic heterocycles. The number of aromatic nitrogens is 2. The molecule has 176 valence electrons. The minimum absolute atomic E-state index is 0. The monoisotopic (exact) mass is 471 g/mol. The van der Waals surface area contributed by atoms with Gasteiger partial charge < -0.3 is 17.3 Å². The number of anilines is 1. The first kappa shape index (κ1) is 24.1. The van der Waals surface area contributed by atoms with E-state index in [1.54, 1.807) is 0 Å². The molecule has 1 aliphatic rings. The second kappa shape index (κ2) is 9.31. The maximum atomic E-state index is 2.45. The van der Waals surface area contributed by atoms with Gasteiger partial charge in [-0.1, -0.05) is 62.4 Å². The van der Waals surface area contributed by atoms with Crippen LogP contribution in [0.5, 0.6) is 0 Å². The Morgan fingerprint density at radius 3 is 2.24 bits per heavy atom. The third kappa shape index (κ3) is 3.63. The molecule has 0 atom stereocenters. The highest BCUT2D eigenvalue weighted by Gasteiger charge is 2.38. The van der Waals surface area contributed by atoms with Crippen LogP contribution in [-0.2, 0) is 18.5 Å². The molecule has 4 heteroatoms. The summed E-state index contributed by atoms with van der Waals surface area (Å²) in [4.78, 5) is 2.45. The molecule has 0 N–H and O–H groups in total. The lowest BCUT2D eigenvalue weighted by molar-refractivity contribution is -0.670. The molecule has 4 aromatic rings. The summed E-state index contributed by atoms with van der Waals surface area (Å²) in [5.74, 6) is 1.25. The molecule has 3 nitrogen and oxygen atoms in total. The molecule has 0 bridgehead atoms. The normalized spacial score (nSPS) is 16.0. The molecule has 0 spiro atoms. The van der Waals surface area contributed by atoms with E-state index in [9.17, 15) is 0 Å². The Kier molecular flexibility index (Phi) is 6.60. The fourth-order valence-electron chi connectivity index (χ4n) is 5.59. The summed E-state index contributed by atoms with van der Waals surface area (Å²) in [5, 5.41) is 2.59. The molecule has 0 saturated heterocycles. The van der Waals surface area contributed by atoms with Gasteiger partial charge in [-0.25, -0.2) is 9.13 Å². The number of hydrogen-bond donors (Lipinski definition) is 0. The van der Waals surface area contributed by atoms with Gasteiger partial charge in [0.15, 0.2) is 11.0 Å². The number of likely N-dealkylation sites (N-methyl/N-ethyl adjacent to an activating group) is 1. The summed E-state index contributed by atoms with van der Waals surface area (Å²) < 4.78 is 4.87. The van der Waals surface area contributed by atoms with Crippen molar-refractivity contribution in [3.05, 3.63) is 89.9 Å². The predicted molar refractivity (Wildman–Crippen MR) is 141 cm³/mol. The van der Waals surface area contributed by atoms with E-state index in [1.807, 2.05) is 0 Å². The van der Waals surface area contributed by atoms with Gasteiger partial charge in [0.2, 0.25) is 0 Å². The van der Waals surface area contributed by atoms with E-state index in [2.05, 4.69) is 128 Å². The van der Waals surface area contributed by atoms with E-state index in [4.69, 9.17) is 0 Å². The van der Waals surface area contributed by atoms with Crippen molar-refractivity contribution in [2.45, 2.75) is 53.1 Å². The number of allylic oxidation sites excluding steroid dienone is 3. The van der Waals surface area contributed by atoms with Gasteiger partial charge in [-0.2, -0.15) is 0 Å². The van der Waals surface area contributed by atoms with Crippen molar-refractivity contribution < 1.29 is 17.0 Å². The van der Waals surface area contributed by atoms with Crippen LogP contribution in [-0.4, -0.2) is 11.1 Å². The van der Waals surface area contributed by atoms with Gasteiger partial charge in [-0.15, -0.1) is 0 Å². The van der Waals surface area contributed by atoms with Crippen molar-refractivity contribution >= 4 is 33.6 Å². The Morgan fingerprint density at radius 2 is 1.56 bits per heavy atom. The van der Waals surface area contributed by atoms with Crippen molar-refractivity contribution in [3.8, 4) is 0 Å². The van der Waals surface area contributed by atoms with Gasteiger partial charge in [0, 0.05) is 29.4 Å². The highest BCUT2D eigenvalue weighted by Crippen LogP contribution is 2.47. The highest BCUT2D eigenvalue weighted by atomic mass is 35.5. The SMILES string of the molecule is CCN1/C(=C\C=C\c2n(CC)c3cc4ccccc4cc3[n+]2CC)C(C)(C)c2ccccc21.[Cl-]. The smallest absolute Gasteiger partial charge is 0.282 e. The number of rotatable bonds is 5. The van der Waals surface area contributed by atoms with Gasteiger partial charge in [0.1, 0.15) is 0 Å². The average Bonchev–Trinajstić information content (AvgIpc) is 3.24. The zero-order valence-corrected chi connectivity index (χ0v) is 21.6. The largest absolute Gasteiger partial charge is 1.00 e. The standard InChI is InChI=1S/C30H34N3.ClH/c1-6-31-25-17-12-11-16-24(25)30(4,5)28(31)18-13-19-29-32(7-2)26-20-22-14-9-10-15-23(22)21-27(26)33(29)8-3;/h9-21H,6-8H2,1-5H3;1H/q+1;/p-1. The second-order valence-electron chi connectivity index (χ2n) is 9.33. The fraction of sp³-hybridized carbons (Fsp3) is 0.300. The van der Waals surface area contributed by atoms with Gasteiger partial charge in [-0.05, 0) is 61.4 Å². The molecule has 34 heavy (non-hydrogen) atoms. The summed E-state index contributed by atoms with van der Waals surface area (Å²) in [6.45, 7) is 14.2. The number of para-hydroxylation sites is 1. The van der Waals surface area contributed by atoms with Gasteiger partial charge in [0.25, 0.3) is 5.82 Å². The van der Waals surface area contributed by atoms with Crippen molar-refractivity contribution in [1.29, 1.82) is 0 Å². The van der Waals surface area contributed by atoms with Crippen molar-refractivity contribution in [2.24, 2.45) is 0 Å². The van der Waals surface area contributed by atoms with Gasteiger partial charge in [-0.3, -0.25) is 0 Å². The van der Waals surface area contributed by atoms with Crippen molar-refractivity contribution in [3.63, 3.8) is 0 Å². The van der Waals surface area contributed by atoms with Crippen molar-refractivity contribution in [1.82, 2.24) is 4.57 Å². The van der Waals surface area contributed by atoms with Crippen LogP contribution in [0.2, 0.25) is 0 Å².